The molecule has 1 heterocycles. The largest absolute Gasteiger partial charge is 0.497 e. The summed E-state index contributed by atoms with van der Waals surface area (Å²) in [6.07, 6.45) is 0.0378. The van der Waals surface area contributed by atoms with Crippen LogP contribution in [0.5, 0.6) is 11.5 Å². The first-order valence-corrected chi connectivity index (χ1v) is 9.05. The summed E-state index contributed by atoms with van der Waals surface area (Å²) in [5, 5.41) is 2.63. The third kappa shape index (κ3) is 5.04. The molecule has 2 aromatic carbocycles. The molecule has 0 saturated carbocycles. The van der Waals surface area contributed by atoms with Crippen LogP contribution in [0, 0.1) is 5.92 Å². The number of carbonyl (C=O) groups is 3. The van der Waals surface area contributed by atoms with Crippen LogP contribution in [0.4, 0.5) is 11.4 Å². The number of benzene rings is 2. The Morgan fingerprint density at radius 2 is 1.79 bits per heavy atom. The molecule has 0 bridgehead atoms. The normalized spacial score (nSPS) is 15.7. The summed E-state index contributed by atoms with van der Waals surface area (Å²) in [6.45, 7) is -0.223. The SMILES string of the molecule is COc1ccc(NC(=O)COC(=O)[C@@H]2CC(=O)N(c3cccc(OC)c3)C2)cc1. The highest BCUT2D eigenvalue weighted by Crippen LogP contribution is 2.28. The van der Waals surface area contributed by atoms with Gasteiger partial charge in [-0.1, -0.05) is 6.07 Å². The van der Waals surface area contributed by atoms with Crippen LogP contribution in [0.3, 0.4) is 0 Å². The fraction of sp³-hybridized carbons (Fsp3) is 0.286. The smallest absolute Gasteiger partial charge is 0.311 e. The average Bonchev–Trinajstić information content (AvgIpc) is 3.14. The first kappa shape index (κ1) is 20.2. The Balaban J connectivity index is 1.51. The molecule has 1 atom stereocenters. The average molecular weight is 398 g/mol. The minimum Gasteiger partial charge on any atom is -0.497 e. The summed E-state index contributed by atoms with van der Waals surface area (Å²) in [4.78, 5) is 38.1. The van der Waals surface area contributed by atoms with E-state index in [1.54, 1.807) is 62.8 Å². The molecule has 8 nitrogen and oxygen atoms in total. The van der Waals surface area contributed by atoms with E-state index < -0.39 is 24.4 Å². The Morgan fingerprint density at radius 3 is 2.48 bits per heavy atom. The van der Waals surface area contributed by atoms with E-state index in [1.807, 2.05) is 0 Å². The second kappa shape index (κ2) is 9.09. The van der Waals surface area contributed by atoms with Crippen molar-refractivity contribution in [3.05, 3.63) is 48.5 Å². The number of nitrogens with zero attached hydrogens (tertiary/aromatic N) is 1. The van der Waals surface area contributed by atoms with Crippen molar-refractivity contribution in [1.82, 2.24) is 0 Å². The van der Waals surface area contributed by atoms with Gasteiger partial charge in [0, 0.05) is 30.4 Å². The lowest BCUT2D eigenvalue weighted by molar-refractivity contribution is -0.151. The van der Waals surface area contributed by atoms with E-state index >= 15 is 0 Å². The number of rotatable bonds is 7. The van der Waals surface area contributed by atoms with Crippen molar-refractivity contribution in [3.8, 4) is 11.5 Å². The fourth-order valence-electron chi connectivity index (χ4n) is 3.02. The number of hydrogen-bond acceptors (Lipinski definition) is 6. The predicted octanol–water partition coefficient (Wildman–Crippen LogP) is 2.24. The maximum absolute atomic E-state index is 12.3. The highest BCUT2D eigenvalue weighted by molar-refractivity contribution is 6.00. The molecule has 0 aliphatic carbocycles. The molecule has 8 heteroatoms. The molecule has 1 N–H and O–H groups in total. The minimum absolute atomic E-state index is 0.0378. The van der Waals surface area contributed by atoms with Gasteiger partial charge >= 0.3 is 5.97 Å². The number of hydrogen-bond donors (Lipinski definition) is 1. The molecule has 1 aliphatic heterocycles. The van der Waals surface area contributed by atoms with Crippen LogP contribution >= 0.6 is 0 Å². The molecule has 0 radical (unpaired) electrons. The van der Waals surface area contributed by atoms with Crippen molar-refractivity contribution in [2.75, 3.05) is 37.6 Å². The van der Waals surface area contributed by atoms with E-state index in [1.165, 1.54) is 4.90 Å². The van der Waals surface area contributed by atoms with Crippen LogP contribution < -0.4 is 19.7 Å². The van der Waals surface area contributed by atoms with Gasteiger partial charge in [0.25, 0.3) is 5.91 Å². The zero-order chi connectivity index (χ0) is 20.8. The lowest BCUT2D eigenvalue weighted by Crippen LogP contribution is -2.28. The molecule has 1 fully saturated rings. The molecule has 1 saturated heterocycles. The Labute approximate surface area is 168 Å². The van der Waals surface area contributed by atoms with Crippen LogP contribution in [0.25, 0.3) is 0 Å². The van der Waals surface area contributed by atoms with Gasteiger partial charge in [-0.15, -0.1) is 0 Å². The summed E-state index contributed by atoms with van der Waals surface area (Å²) in [5.74, 6) is -0.547. The number of esters is 1. The molecule has 29 heavy (non-hydrogen) atoms. The van der Waals surface area contributed by atoms with Gasteiger partial charge in [0.15, 0.2) is 6.61 Å². The number of methoxy groups -OCH3 is 2. The Morgan fingerprint density at radius 1 is 1.07 bits per heavy atom. The Kier molecular flexibility index (Phi) is 6.33. The molecule has 1 aliphatic rings. The topological polar surface area (TPSA) is 94.2 Å². The molecular weight excluding hydrogens is 376 g/mol. The van der Waals surface area contributed by atoms with E-state index in [9.17, 15) is 14.4 Å². The maximum atomic E-state index is 12.3. The van der Waals surface area contributed by atoms with Gasteiger partial charge in [-0.25, -0.2) is 0 Å². The van der Waals surface area contributed by atoms with Crippen LogP contribution in [-0.4, -0.2) is 45.2 Å². The van der Waals surface area contributed by atoms with Gasteiger partial charge in [0.1, 0.15) is 11.5 Å². The summed E-state index contributed by atoms with van der Waals surface area (Å²) in [6, 6.07) is 13.8. The van der Waals surface area contributed by atoms with Crippen molar-refractivity contribution in [1.29, 1.82) is 0 Å². The van der Waals surface area contributed by atoms with E-state index in [0.29, 0.717) is 22.9 Å². The van der Waals surface area contributed by atoms with Crippen LogP contribution in [0.2, 0.25) is 0 Å². The molecule has 2 aromatic rings. The number of carbonyl (C=O) groups excluding carboxylic acids is 3. The number of amides is 2. The summed E-state index contributed by atoms with van der Waals surface area (Å²) in [7, 11) is 3.10. The van der Waals surface area contributed by atoms with Crippen molar-refractivity contribution >= 4 is 29.2 Å². The van der Waals surface area contributed by atoms with Gasteiger partial charge in [-0.3, -0.25) is 14.4 Å². The minimum atomic E-state index is -0.623. The second-order valence-electron chi connectivity index (χ2n) is 6.49. The Hall–Kier alpha value is -3.55. The zero-order valence-corrected chi connectivity index (χ0v) is 16.2. The van der Waals surface area contributed by atoms with Gasteiger partial charge in [0.05, 0.1) is 20.1 Å². The molecule has 152 valence electrons. The van der Waals surface area contributed by atoms with Crippen LogP contribution in [0.15, 0.2) is 48.5 Å². The molecule has 3 rings (SSSR count). The third-order valence-electron chi connectivity index (χ3n) is 4.54. The quantitative estimate of drug-likeness (QED) is 0.719. The molecule has 0 spiro atoms. The first-order chi connectivity index (χ1) is 14.0. The van der Waals surface area contributed by atoms with Crippen LogP contribution in [-0.2, 0) is 19.1 Å². The summed E-state index contributed by atoms with van der Waals surface area (Å²) < 4.78 is 15.3. The number of nitrogens with one attached hydrogen (secondary N) is 1. The van der Waals surface area contributed by atoms with Crippen molar-refractivity contribution in [2.24, 2.45) is 5.92 Å². The fourth-order valence-corrected chi connectivity index (χ4v) is 3.02. The summed E-state index contributed by atoms with van der Waals surface area (Å²) >= 11 is 0. The number of ether oxygens (including phenoxy) is 3. The van der Waals surface area contributed by atoms with E-state index in [-0.39, 0.29) is 18.9 Å². The Bertz CT molecular complexity index is 896. The van der Waals surface area contributed by atoms with E-state index in [4.69, 9.17) is 14.2 Å². The molecular formula is C21H22N2O6. The third-order valence-corrected chi connectivity index (χ3v) is 4.54. The lowest BCUT2D eigenvalue weighted by atomic mass is 10.1. The van der Waals surface area contributed by atoms with Crippen molar-refractivity contribution < 1.29 is 28.6 Å². The summed E-state index contributed by atoms with van der Waals surface area (Å²) in [5.41, 5.74) is 1.22. The molecule has 0 aromatic heterocycles. The molecule has 0 unspecified atom stereocenters. The lowest BCUT2D eigenvalue weighted by Gasteiger charge is -2.17. The highest BCUT2D eigenvalue weighted by atomic mass is 16.5. The van der Waals surface area contributed by atoms with E-state index in [0.717, 1.165) is 0 Å². The predicted molar refractivity (Wildman–Crippen MR) is 106 cm³/mol. The standard InChI is InChI=1S/C21H22N2O6/c1-27-17-8-6-15(7-9-17)22-19(24)13-29-21(26)14-10-20(25)23(12-14)16-4-3-5-18(11-16)28-2/h3-9,11,14H,10,12-13H2,1-2H3,(H,22,24)/t14-/m1/s1. The van der Waals surface area contributed by atoms with Gasteiger partial charge in [-0.2, -0.15) is 0 Å². The zero-order valence-electron chi connectivity index (χ0n) is 16.2. The van der Waals surface area contributed by atoms with E-state index in [2.05, 4.69) is 5.32 Å². The van der Waals surface area contributed by atoms with Crippen molar-refractivity contribution in [3.63, 3.8) is 0 Å². The second-order valence-corrected chi connectivity index (χ2v) is 6.49. The highest BCUT2D eigenvalue weighted by Gasteiger charge is 2.36. The maximum Gasteiger partial charge on any atom is 0.311 e. The number of anilines is 2. The van der Waals surface area contributed by atoms with Gasteiger partial charge in [-0.05, 0) is 36.4 Å². The van der Waals surface area contributed by atoms with Crippen LogP contribution in [0.1, 0.15) is 6.42 Å². The first-order valence-electron chi connectivity index (χ1n) is 9.05. The van der Waals surface area contributed by atoms with Gasteiger partial charge in [0.2, 0.25) is 5.91 Å². The molecule has 2 amide bonds. The van der Waals surface area contributed by atoms with Crippen molar-refractivity contribution in [2.45, 2.75) is 6.42 Å². The van der Waals surface area contributed by atoms with Gasteiger partial charge < -0.3 is 24.4 Å². The monoisotopic (exact) mass is 398 g/mol.